The first-order chi connectivity index (χ1) is 17.5. The van der Waals surface area contributed by atoms with Crippen molar-refractivity contribution in [2.45, 2.75) is 30.5 Å². The summed E-state index contributed by atoms with van der Waals surface area (Å²) in [7, 11) is 0. The van der Waals surface area contributed by atoms with Crippen molar-refractivity contribution in [1.82, 2.24) is 9.97 Å². The molecular weight excluding hydrogens is 488 g/mol. The number of anilines is 3. The van der Waals surface area contributed by atoms with Crippen LogP contribution in [0.15, 0.2) is 58.9 Å². The Bertz CT molecular complexity index is 1430. The third-order valence-corrected chi connectivity index (χ3v) is 7.31. The molecule has 0 fully saturated rings. The predicted octanol–water partition coefficient (Wildman–Crippen LogP) is 5.80. The molecule has 4 rings (SSSR count). The molecule has 0 aliphatic heterocycles. The summed E-state index contributed by atoms with van der Waals surface area (Å²) in [6.07, 6.45) is 1.43. The van der Waals surface area contributed by atoms with Crippen molar-refractivity contribution in [3.8, 4) is 23.3 Å². The monoisotopic (exact) mass is 512 g/mol. The number of nitrogens with one attached hydrogen (secondary N) is 1. The first-order valence-corrected chi connectivity index (χ1v) is 13.1. The zero-order chi connectivity index (χ0) is 25.5. The number of aryl methyl sites for hydroxylation is 2. The van der Waals surface area contributed by atoms with E-state index in [0.717, 1.165) is 34.1 Å². The van der Waals surface area contributed by atoms with Crippen molar-refractivity contribution in [1.29, 1.82) is 10.5 Å². The molecule has 0 aliphatic rings. The number of aliphatic hydroxyl groups excluding tert-OH is 1. The Morgan fingerprint density at radius 1 is 1.03 bits per heavy atom. The van der Waals surface area contributed by atoms with Gasteiger partial charge in [0, 0.05) is 29.0 Å². The molecule has 0 saturated heterocycles. The third-order valence-electron chi connectivity index (χ3n) is 5.49. The normalized spacial score (nSPS) is 10.6. The van der Waals surface area contributed by atoms with Crippen molar-refractivity contribution >= 4 is 39.7 Å². The van der Waals surface area contributed by atoms with Crippen LogP contribution in [0, 0.1) is 29.6 Å². The maximum Gasteiger partial charge on any atom is 0.187 e. The number of aliphatic hydroxyl groups is 1. The van der Waals surface area contributed by atoms with E-state index < -0.39 is 0 Å². The van der Waals surface area contributed by atoms with Crippen molar-refractivity contribution in [3.05, 3.63) is 81.9 Å². The molecule has 9 heteroatoms. The number of hydrogen-bond donors (Lipinski definition) is 3. The topological polar surface area (TPSA) is 132 Å². The molecule has 0 bridgehead atoms. The summed E-state index contributed by atoms with van der Waals surface area (Å²) >= 11 is 2.87. The number of thiazole rings is 1. The van der Waals surface area contributed by atoms with E-state index in [1.807, 2.05) is 60.8 Å². The molecule has 7 nitrogen and oxygen atoms in total. The number of thioether (sulfide) groups is 1. The molecule has 2 aromatic heterocycles. The second-order valence-corrected chi connectivity index (χ2v) is 9.92. The molecule has 180 valence electrons. The summed E-state index contributed by atoms with van der Waals surface area (Å²) in [4.78, 5) is 9.03. The molecule has 0 saturated carbocycles. The number of pyridine rings is 1. The van der Waals surface area contributed by atoms with Crippen LogP contribution >= 0.6 is 23.1 Å². The lowest BCUT2D eigenvalue weighted by Crippen LogP contribution is -2.03. The van der Waals surface area contributed by atoms with Gasteiger partial charge in [-0.15, -0.1) is 11.3 Å². The van der Waals surface area contributed by atoms with Gasteiger partial charge in [-0.05, 0) is 43.0 Å². The second kappa shape index (κ2) is 11.7. The molecule has 0 atom stereocenters. The number of nitrogens with two attached hydrogens (primary N) is 1. The minimum atomic E-state index is 0.0957. The van der Waals surface area contributed by atoms with E-state index in [0.29, 0.717) is 28.3 Å². The number of aromatic nitrogens is 2. The minimum Gasteiger partial charge on any atom is -0.396 e. The number of rotatable bonds is 9. The Balaban J connectivity index is 1.57. The summed E-state index contributed by atoms with van der Waals surface area (Å²) in [6.45, 7) is 2.17. The van der Waals surface area contributed by atoms with Crippen LogP contribution in [0.3, 0.4) is 0 Å². The highest BCUT2D eigenvalue weighted by Gasteiger charge is 2.21. The predicted molar refractivity (Wildman–Crippen MR) is 145 cm³/mol. The Labute approximate surface area is 218 Å². The number of benzene rings is 2. The first-order valence-electron chi connectivity index (χ1n) is 11.3. The lowest BCUT2D eigenvalue weighted by Gasteiger charge is -2.13. The van der Waals surface area contributed by atoms with E-state index in [4.69, 9.17) is 10.8 Å². The fourth-order valence-electron chi connectivity index (χ4n) is 3.65. The first kappa shape index (κ1) is 25.2. The zero-order valence-corrected chi connectivity index (χ0v) is 21.3. The quantitative estimate of drug-likeness (QED) is 0.240. The van der Waals surface area contributed by atoms with Gasteiger partial charge in [-0.2, -0.15) is 10.5 Å². The fourth-order valence-corrected chi connectivity index (χ4v) is 5.37. The molecule has 36 heavy (non-hydrogen) atoms. The van der Waals surface area contributed by atoms with Gasteiger partial charge in [0.15, 0.2) is 5.13 Å². The van der Waals surface area contributed by atoms with Crippen molar-refractivity contribution in [3.63, 3.8) is 0 Å². The standard InChI is InChI=1S/C27H24N6OS2/c1-17-4-10-20(11-5-17)31-27-32-21(16-36-27)15-35-26-23(14-29)24(22(13-28)25(30)33-26)19-8-6-18(7-9-19)3-2-12-34/h4-11,16,34H,2-3,12,15H2,1H3,(H2,30,33)(H,31,32). The maximum absolute atomic E-state index is 10.0. The van der Waals surface area contributed by atoms with Gasteiger partial charge in [0.05, 0.1) is 11.3 Å². The highest BCUT2D eigenvalue weighted by atomic mass is 32.2. The molecule has 2 heterocycles. The molecule has 2 aromatic carbocycles. The zero-order valence-electron chi connectivity index (χ0n) is 19.7. The summed E-state index contributed by atoms with van der Waals surface area (Å²) in [5.74, 6) is 0.594. The highest BCUT2D eigenvalue weighted by molar-refractivity contribution is 7.98. The SMILES string of the molecule is Cc1ccc(Nc2nc(CSc3nc(N)c(C#N)c(-c4ccc(CCCO)cc4)c3C#N)cs2)cc1. The van der Waals surface area contributed by atoms with E-state index in [2.05, 4.69) is 27.4 Å². The molecule has 0 amide bonds. The Morgan fingerprint density at radius 3 is 2.42 bits per heavy atom. The van der Waals surface area contributed by atoms with Gasteiger partial charge in [0.2, 0.25) is 0 Å². The van der Waals surface area contributed by atoms with Crippen LogP contribution in [0.5, 0.6) is 0 Å². The highest BCUT2D eigenvalue weighted by Crippen LogP contribution is 2.37. The van der Waals surface area contributed by atoms with Gasteiger partial charge in [0.1, 0.15) is 28.5 Å². The summed E-state index contributed by atoms with van der Waals surface area (Å²) in [5.41, 5.74) is 12.0. The molecule has 4 N–H and O–H groups in total. The number of nitrogen functional groups attached to an aromatic ring is 1. The Kier molecular flexibility index (Phi) is 8.19. The number of nitriles is 2. The van der Waals surface area contributed by atoms with E-state index in [9.17, 15) is 10.5 Å². The second-order valence-electron chi connectivity index (χ2n) is 8.10. The van der Waals surface area contributed by atoms with Crippen LogP contribution in [0.1, 0.15) is 34.4 Å². The molecule has 4 aromatic rings. The summed E-state index contributed by atoms with van der Waals surface area (Å²) < 4.78 is 0. The Morgan fingerprint density at radius 2 is 1.75 bits per heavy atom. The molecule has 0 spiro atoms. The van der Waals surface area contributed by atoms with Crippen molar-refractivity contribution < 1.29 is 5.11 Å². The lowest BCUT2D eigenvalue weighted by atomic mass is 9.95. The van der Waals surface area contributed by atoms with Gasteiger partial charge >= 0.3 is 0 Å². The molecular formula is C27H24N6OS2. The summed E-state index contributed by atoms with van der Waals surface area (Å²) in [5, 5.41) is 35.4. The van der Waals surface area contributed by atoms with Crippen molar-refractivity contribution in [2.75, 3.05) is 17.7 Å². The molecule has 0 aliphatic carbocycles. The van der Waals surface area contributed by atoms with E-state index in [-0.39, 0.29) is 18.0 Å². The van der Waals surface area contributed by atoms with Gasteiger partial charge in [0.25, 0.3) is 0 Å². The number of nitrogens with zero attached hydrogens (tertiary/aromatic N) is 4. The smallest absolute Gasteiger partial charge is 0.187 e. The van der Waals surface area contributed by atoms with Gasteiger partial charge in [-0.25, -0.2) is 9.97 Å². The van der Waals surface area contributed by atoms with Crippen LogP contribution < -0.4 is 11.1 Å². The van der Waals surface area contributed by atoms with Crippen LogP contribution in [0.2, 0.25) is 0 Å². The average Bonchev–Trinajstić information content (AvgIpc) is 3.34. The average molecular weight is 513 g/mol. The van der Waals surface area contributed by atoms with E-state index in [1.165, 1.54) is 28.7 Å². The minimum absolute atomic E-state index is 0.0957. The molecule has 0 unspecified atom stereocenters. The van der Waals surface area contributed by atoms with Crippen LogP contribution in [0.25, 0.3) is 11.1 Å². The van der Waals surface area contributed by atoms with Gasteiger partial charge in [-0.1, -0.05) is 53.7 Å². The lowest BCUT2D eigenvalue weighted by molar-refractivity contribution is 0.288. The van der Waals surface area contributed by atoms with Crippen LogP contribution in [0.4, 0.5) is 16.6 Å². The fraction of sp³-hybridized carbons (Fsp3) is 0.185. The van der Waals surface area contributed by atoms with Crippen LogP contribution in [-0.2, 0) is 12.2 Å². The van der Waals surface area contributed by atoms with Crippen molar-refractivity contribution in [2.24, 2.45) is 0 Å². The van der Waals surface area contributed by atoms with Gasteiger partial charge < -0.3 is 16.2 Å². The Hall–Kier alpha value is -3.89. The largest absolute Gasteiger partial charge is 0.396 e. The van der Waals surface area contributed by atoms with E-state index in [1.54, 1.807) is 0 Å². The third kappa shape index (κ3) is 5.84. The van der Waals surface area contributed by atoms with E-state index >= 15 is 0 Å². The number of hydrogen-bond acceptors (Lipinski definition) is 9. The van der Waals surface area contributed by atoms with Gasteiger partial charge in [-0.3, -0.25) is 0 Å². The molecule has 0 radical (unpaired) electrons. The summed E-state index contributed by atoms with van der Waals surface area (Å²) in [6, 6.07) is 20.1. The van der Waals surface area contributed by atoms with Crippen LogP contribution in [-0.4, -0.2) is 21.7 Å². The maximum atomic E-state index is 10.0.